The van der Waals surface area contributed by atoms with Crippen molar-refractivity contribution >= 4 is 34.5 Å². The van der Waals surface area contributed by atoms with Crippen LogP contribution < -0.4 is 5.32 Å². The first-order chi connectivity index (χ1) is 8.93. The van der Waals surface area contributed by atoms with Gasteiger partial charge in [0.05, 0.1) is 7.11 Å². The highest BCUT2D eigenvalue weighted by atomic mass is 127. The van der Waals surface area contributed by atoms with Crippen LogP contribution in [-0.4, -0.2) is 25.0 Å². The van der Waals surface area contributed by atoms with Gasteiger partial charge in [-0.2, -0.15) is 0 Å². The van der Waals surface area contributed by atoms with E-state index in [2.05, 4.69) is 27.9 Å². The maximum Gasteiger partial charge on any atom is 0.328 e. The fourth-order valence-electron chi connectivity index (χ4n) is 1.53. The second-order valence-corrected chi connectivity index (χ2v) is 5.82. The number of methoxy groups -OCH3 is 1. The van der Waals surface area contributed by atoms with Crippen molar-refractivity contribution in [2.45, 2.75) is 26.3 Å². The van der Waals surface area contributed by atoms with Gasteiger partial charge in [0, 0.05) is 15.9 Å². The predicted octanol–water partition coefficient (Wildman–Crippen LogP) is 2.15. The average molecular weight is 375 g/mol. The highest BCUT2D eigenvalue weighted by Gasteiger charge is 2.22. The molecule has 0 saturated carbocycles. The summed E-state index contributed by atoms with van der Waals surface area (Å²) in [4.78, 5) is 23.4. The number of hydrogen-bond acceptors (Lipinski definition) is 3. The lowest BCUT2D eigenvalue weighted by Gasteiger charge is -2.18. The fourth-order valence-corrected chi connectivity index (χ4v) is 1.89. The molecule has 1 rings (SSSR count). The highest BCUT2D eigenvalue weighted by Crippen LogP contribution is 2.10. The van der Waals surface area contributed by atoms with E-state index in [0.717, 1.165) is 9.13 Å². The SMILES string of the molecule is COC(=O)[C@H](Cc1ccc(I)cc1)NC(=O)C(C)C. The number of ether oxygens (including phenoxy) is 1. The number of benzene rings is 1. The first kappa shape index (κ1) is 15.9. The smallest absolute Gasteiger partial charge is 0.328 e. The molecule has 1 aromatic rings. The lowest BCUT2D eigenvalue weighted by Crippen LogP contribution is -2.44. The van der Waals surface area contributed by atoms with Crippen LogP contribution in [0.2, 0.25) is 0 Å². The minimum absolute atomic E-state index is 0.152. The Morgan fingerprint density at radius 2 is 1.84 bits per heavy atom. The van der Waals surface area contributed by atoms with Gasteiger partial charge in [0.2, 0.25) is 5.91 Å². The van der Waals surface area contributed by atoms with Gasteiger partial charge in [-0.15, -0.1) is 0 Å². The number of halogens is 1. The van der Waals surface area contributed by atoms with Gasteiger partial charge >= 0.3 is 5.97 Å². The summed E-state index contributed by atoms with van der Waals surface area (Å²) in [6.45, 7) is 3.57. The number of nitrogens with one attached hydrogen (secondary N) is 1. The predicted molar refractivity (Wildman–Crippen MR) is 81.6 cm³/mol. The molecule has 0 aliphatic rings. The van der Waals surface area contributed by atoms with E-state index in [1.165, 1.54) is 7.11 Å². The molecule has 0 heterocycles. The third-order valence-corrected chi connectivity index (χ3v) is 3.40. The summed E-state index contributed by atoms with van der Waals surface area (Å²) in [7, 11) is 1.32. The fraction of sp³-hybridized carbons (Fsp3) is 0.429. The zero-order valence-corrected chi connectivity index (χ0v) is 13.4. The number of esters is 1. The number of carbonyl (C=O) groups excluding carboxylic acids is 2. The van der Waals surface area contributed by atoms with E-state index in [9.17, 15) is 9.59 Å². The molecule has 1 atom stereocenters. The van der Waals surface area contributed by atoms with E-state index in [1.54, 1.807) is 13.8 Å². The minimum atomic E-state index is -0.639. The number of rotatable bonds is 5. The van der Waals surface area contributed by atoms with Gasteiger partial charge in [-0.3, -0.25) is 4.79 Å². The molecule has 1 amide bonds. The zero-order valence-electron chi connectivity index (χ0n) is 11.3. The lowest BCUT2D eigenvalue weighted by atomic mass is 10.1. The van der Waals surface area contributed by atoms with Gasteiger partial charge < -0.3 is 10.1 Å². The molecule has 0 bridgehead atoms. The quantitative estimate of drug-likeness (QED) is 0.634. The van der Waals surface area contributed by atoms with Gasteiger partial charge in [0.15, 0.2) is 0 Å². The molecule has 104 valence electrons. The standard InChI is InChI=1S/C14H18INO3/c1-9(2)13(17)16-12(14(18)19-3)8-10-4-6-11(15)7-5-10/h4-7,9,12H,8H2,1-3H3,(H,16,17)/t12-/m0/s1. The number of hydrogen-bond donors (Lipinski definition) is 1. The van der Waals surface area contributed by atoms with Crippen LogP contribution in [0, 0.1) is 9.49 Å². The molecule has 0 aliphatic carbocycles. The molecule has 4 nitrogen and oxygen atoms in total. The van der Waals surface area contributed by atoms with Gasteiger partial charge in [-0.25, -0.2) is 4.79 Å². The molecule has 0 fully saturated rings. The van der Waals surface area contributed by atoms with E-state index in [4.69, 9.17) is 4.74 Å². The van der Waals surface area contributed by atoms with Gasteiger partial charge in [-0.05, 0) is 40.3 Å². The molecule has 5 heteroatoms. The molecule has 0 aliphatic heterocycles. The van der Waals surface area contributed by atoms with E-state index in [0.29, 0.717) is 6.42 Å². The van der Waals surface area contributed by atoms with E-state index in [-0.39, 0.29) is 11.8 Å². The molecule has 0 unspecified atom stereocenters. The monoisotopic (exact) mass is 375 g/mol. The van der Waals surface area contributed by atoms with Crippen molar-refractivity contribution in [3.63, 3.8) is 0 Å². The van der Waals surface area contributed by atoms with Gasteiger partial charge in [0.25, 0.3) is 0 Å². The largest absolute Gasteiger partial charge is 0.467 e. The topological polar surface area (TPSA) is 55.4 Å². The summed E-state index contributed by atoms with van der Waals surface area (Å²) in [6.07, 6.45) is 0.433. The zero-order chi connectivity index (χ0) is 14.4. The Balaban J connectivity index is 2.77. The Kier molecular flexibility index (Phi) is 6.27. The van der Waals surface area contributed by atoms with Crippen LogP contribution in [0.25, 0.3) is 0 Å². The minimum Gasteiger partial charge on any atom is -0.467 e. The van der Waals surface area contributed by atoms with Crippen molar-refractivity contribution in [1.82, 2.24) is 5.32 Å². The normalized spacial score (nSPS) is 12.1. The van der Waals surface area contributed by atoms with Gasteiger partial charge in [-0.1, -0.05) is 26.0 Å². The van der Waals surface area contributed by atoms with Crippen LogP contribution in [-0.2, 0) is 20.7 Å². The summed E-state index contributed by atoms with van der Waals surface area (Å²) in [6, 6.07) is 7.18. The van der Waals surface area contributed by atoms with Crippen molar-refractivity contribution in [2.24, 2.45) is 5.92 Å². The Morgan fingerprint density at radius 1 is 1.26 bits per heavy atom. The van der Waals surface area contributed by atoms with Crippen molar-refractivity contribution in [3.8, 4) is 0 Å². The van der Waals surface area contributed by atoms with Crippen LogP contribution >= 0.6 is 22.6 Å². The molecule has 0 aromatic heterocycles. The Bertz CT molecular complexity index is 443. The average Bonchev–Trinajstić information content (AvgIpc) is 2.39. The number of amides is 1. The van der Waals surface area contributed by atoms with Crippen LogP contribution in [0.15, 0.2) is 24.3 Å². The van der Waals surface area contributed by atoms with E-state index >= 15 is 0 Å². The summed E-state index contributed by atoms with van der Waals surface area (Å²) >= 11 is 2.22. The second-order valence-electron chi connectivity index (χ2n) is 4.57. The van der Waals surface area contributed by atoms with Crippen LogP contribution in [0.3, 0.4) is 0 Å². The third kappa shape index (κ3) is 5.18. The van der Waals surface area contributed by atoms with E-state index < -0.39 is 12.0 Å². The third-order valence-electron chi connectivity index (χ3n) is 2.68. The maximum atomic E-state index is 11.7. The highest BCUT2D eigenvalue weighted by molar-refractivity contribution is 14.1. The summed E-state index contributed by atoms with van der Waals surface area (Å²) in [5.74, 6) is -0.739. The molecule has 0 spiro atoms. The van der Waals surface area contributed by atoms with Crippen molar-refractivity contribution in [1.29, 1.82) is 0 Å². The van der Waals surface area contributed by atoms with Crippen molar-refractivity contribution < 1.29 is 14.3 Å². The first-order valence-corrected chi connectivity index (χ1v) is 7.14. The molecule has 19 heavy (non-hydrogen) atoms. The summed E-state index contributed by atoms with van der Waals surface area (Å²) in [5, 5.41) is 2.71. The molecular weight excluding hydrogens is 357 g/mol. The first-order valence-electron chi connectivity index (χ1n) is 6.06. The Hall–Kier alpha value is -1.11. The Labute approximate surface area is 127 Å². The molecular formula is C14H18INO3. The van der Waals surface area contributed by atoms with Crippen LogP contribution in [0.5, 0.6) is 0 Å². The molecule has 0 radical (unpaired) electrons. The maximum absolute atomic E-state index is 11.7. The molecule has 0 saturated heterocycles. The summed E-state index contributed by atoms with van der Waals surface area (Å²) < 4.78 is 5.86. The van der Waals surface area contributed by atoms with Gasteiger partial charge in [0.1, 0.15) is 6.04 Å². The molecule has 1 aromatic carbocycles. The van der Waals surface area contributed by atoms with E-state index in [1.807, 2.05) is 24.3 Å². The Morgan fingerprint density at radius 3 is 2.32 bits per heavy atom. The number of carbonyl (C=O) groups is 2. The van der Waals surface area contributed by atoms with Crippen molar-refractivity contribution in [2.75, 3.05) is 7.11 Å². The van der Waals surface area contributed by atoms with Crippen LogP contribution in [0.4, 0.5) is 0 Å². The second kappa shape index (κ2) is 7.47. The van der Waals surface area contributed by atoms with Crippen LogP contribution in [0.1, 0.15) is 19.4 Å². The van der Waals surface area contributed by atoms with Crippen molar-refractivity contribution in [3.05, 3.63) is 33.4 Å². The lowest BCUT2D eigenvalue weighted by molar-refractivity contribution is -0.145. The molecule has 1 N–H and O–H groups in total. The summed E-state index contributed by atoms with van der Waals surface area (Å²) in [5.41, 5.74) is 0.986.